The Bertz CT molecular complexity index is 1370. The van der Waals surface area contributed by atoms with Gasteiger partial charge in [0.05, 0.1) is 26.2 Å². The zero-order valence-electron chi connectivity index (χ0n) is 25.0. The number of hydrogen-bond donors (Lipinski definition) is 0. The van der Waals surface area contributed by atoms with E-state index >= 15 is 0 Å². The summed E-state index contributed by atoms with van der Waals surface area (Å²) in [6.45, 7) is 8.60. The Kier molecular flexibility index (Phi) is 9.85. The molecule has 0 bridgehead atoms. The van der Waals surface area contributed by atoms with Crippen molar-refractivity contribution in [2.75, 3.05) is 14.2 Å². The van der Waals surface area contributed by atoms with Gasteiger partial charge >= 0.3 is 5.97 Å². The number of nitrogens with zero attached hydrogens (tertiary/aromatic N) is 1. The van der Waals surface area contributed by atoms with Crippen molar-refractivity contribution in [1.82, 2.24) is 4.90 Å². The van der Waals surface area contributed by atoms with Crippen LogP contribution in [0.1, 0.15) is 62.9 Å². The lowest BCUT2D eigenvalue weighted by Gasteiger charge is -2.37. The quantitative estimate of drug-likeness (QED) is 0.175. The highest BCUT2D eigenvalue weighted by molar-refractivity contribution is 5.77. The third kappa shape index (κ3) is 7.77. The zero-order valence-corrected chi connectivity index (χ0v) is 25.0. The minimum Gasteiger partial charge on any atom is -0.496 e. The second-order valence-electron chi connectivity index (χ2n) is 11.2. The molecule has 4 rings (SSSR count). The van der Waals surface area contributed by atoms with E-state index in [0.717, 1.165) is 28.2 Å². The van der Waals surface area contributed by atoms with E-state index in [0.29, 0.717) is 6.54 Å². The molecule has 5 nitrogen and oxygen atoms in total. The highest BCUT2D eigenvalue weighted by Crippen LogP contribution is 2.40. The summed E-state index contributed by atoms with van der Waals surface area (Å²) in [7, 11) is 3.33. The Hall–Kier alpha value is -4.09. The van der Waals surface area contributed by atoms with Gasteiger partial charge in [-0.15, -0.1) is 0 Å². The van der Waals surface area contributed by atoms with Crippen molar-refractivity contribution in [2.45, 2.75) is 58.3 Å². The molecular weight excluding hydrogens is 510 g/mol. The molecule has 0 radical (unpaired) electrons. The van der Waals surface area contributed by atoms with Crippen LogP contribution in [0.3, 0.4) is 0 Å². The van der Waals surface area contributed by atoms with Crippen molar-refractivity contribution >= 4 is 5.97 Å². The van der Waals surface area contributed by atoms with Crippen LogP contribution < -0.4 is 9.47 Å². The van der Waals surface area contributed by atoms with Crippen molar-refractivity contribution in [1.29, 1.82) is 0 Å². The summed E-state index contributed by atoms with van der Waals surface area (Å²) in [6.07, 6.45) is 0.221. The lowest BCUT2D eigenvalue weighted by atomic mass is 9.94. The molecule has 0 aliphatic heterocycles. The summed E-state index contributed by atoms with van der Waals surface area (Å²) >= 11 is 0. The van der Waals surface area contributed by atoms with Crippen LogP contribution in [0.5, 0.6) is 11.5 Å². The number of ether oxygens (including phenoxy) is 3. The van der Waals surface area contributed by atoms with Crippen LogP contribution >= 0.6 is 0 Å². The fraction of sp³-hybridized carbons (Fsp3) is 0.306. The lowest BCUT2D eigenvalue weighted by molar-refractivity contribution is -0.156. The molecule has 0 spiro atoms. The first-order chi connectivity index (χ1) is 19.7. The standard InChI is InChI=1S/C36H41NO4/c1-26(28-16-11-8-12-17-28)37(25-27-14-9-7-10-15-27)31(24-34(38)41-36(2,3)4)29-20-22-30(23-21-29)35-32(39-5)18-13-19-33(35)40-6/h7-23,26,31H,24-25H2,1-6H3/t26-,31-/m0/s1. The smallest absolute Gasteiger partial charge is 0.308 e. The number of esters is 1. The van der Waals surface area contributed by atoms with E-state index in [4.69, 9.17) is 14.2 Å². The fourth-order valence-electron chi connectivity index (χ4n) is 5.21. The summed E-state index contributed by atoms with van der Waals surface area (Å²) < 4.78 is 17.1. The molecular formula is C36H41NO4. The maximum Gasteiger partial charge on any atom is 0.308 e. The molecule has 0 aliphatic carbocycles. The van der Waals surface area contributed by atoms with E-state index in [-0.39, 0.29) is 24.5 Å². The van der Waals surface area contributed by atoms with E-state index in [2.05, 4.69) is 84.6 Å². The van der Waals surface area contributed by atoms with E-state index in [1.54, 1.807) is 14.2 Å². The topological polar surface area (TPSA) is 48.0 Å². The van der Waals surface area contributed by atoms with Crippen molar-refractivity contribution in [3.63, 3.8) is 0 Å². The SMILES string of the molecule is COc1cccc(OC)c1-c1ccc([C@H](CC(=O)OC(C)(C)C)N(Cc2ccccc2)[C@@H](C)c2ccccc2)cc1. The Morgan fingerprint density at radius 3 is 1.83 bits per heavy atom. The number of carbonyl (C=O) groups excluding carboxylic acids is 1. The molecule has 0 unspecified atom stereocenters. The van der Waals surface area contributed by atoms with Crippen LogP contribution in [0, 0.1) is 0 Å². The van der Waals surface area contributed by atoms with Crippen LogP contribution in [0.25, 0.3) is 11.1 Å². The van der Waals surface area contributed by atoms with Gasteiger partial charge in [0.15, 0.2) is 0 Å². The molecule has 41 heavy (non-hydrogen) atoms. The summed E-state index contributed by atoms with van der Waals surface area (Å²) in [5, 5.41) is 0. The van der Waals surface area contributed by atoms with Crippen LogP contribution in [0.2, 0.25) is 0 Å². The average molecular weight is 552 g/mol. The van der Waals surface area contributed by atoms with Gasteiger partial charge in [-0.1, -0.05) is 91.0 Å². The lowest BCUT2D eigenvalue weighted by Crippen LogP contribution is -2.34. The van der Waals surface area contributed by atoms with Crippen molar-refractivity contribution in [3.05, 3.63) is 120 Å². The van der Waals surface area contributed by atoms with Gasteiger partial charge in [-0.2, -0.15) is 0 Å². The second kappa shape index (κ2) is 13.5. The predicted octanol–water partition coefficient (Wildman–Crippen LogP) is 8.41. The fourth-order valence-corrected chi connectivity index (χ4v) is 5.21. The van der Waals surface area contributed by atoms with Crippen LogP contribution in [0.15, 0.2) is 103 Å². The number of hydrogen-bond acceptors (Lipinski definition) is 5. The maximum absolute atomic E-state index is 13.3. The molecule has 0 aliphatic rings. The molecule has 0 heterocycles. The van der Waals surface area contributed by atoms with Gasteiger partial charge in [0.1, 0.15) is 17.1 Å². The van der Waals surface area contributed by atoms with Gasteiger partial charge in [0, 0.05) is 18.6 Å². The molecule has 214 valence electrons. The minimum atomic E-state index is -0.568. The molecule has 4 aromatic carbocycles. The molecule has 0 N–H and O–H groups in total. The van der Waals surface area contributed by atoms with Gasteiger partial charge in [0.25, 0.3) is 0 Å². The van der Waals surface area contributed by atoms with Crippen LogP contribution in [0.4, 0.5) is 0 Å². The predicted molar refractivity (Wildman–Crippen MR) is 165 cm³/mol. The first-order valence-corrected chi connectivity index (χ1v) is 14.1. The first-order valence-electron chi connectivity index (χ1n) is 14.1. The van der Waals surface area contributed by atoms with Gasteiger partial charge < -0.3 is 14.2 Å². The highest BCUT2D eigenvalue weighted by Gasteiger charge is 2.30. The minimum absolute atomic E-state index is 0.0397. The molecule has 4 aromatic rings. The Balaban J connectivity index is 1.79. The summed E-state index contributed by atoms with van der Waals surface area (Å²) in [4.78, 5) is 15.7. The molecule has 5 heteroatoms. The number of rotatable bonds is 11. The largest absolute Gasteiger partial charge is 0.496 e. The molecule has 0 amide bonds. The molecule has 0 aromatic heterocycles. The van der Waals surface area contributed by atoms with Crippen LogP contribution in [-0.4, -0.2) is 30.7 Å². The number of benzene rings is 4. The van der Waals surface area contributed by atoms with Gasteiger partial charge in [-0.25, -0.2) is 0 Å². The van der Waals surface area contributed by atoms with Gasteiger partial charge in [-0.3, -0.25) is 9.69 Å². The number of carbonyl (C=O) groups is 1. The van der Waals surface area contributed by atoms with Gasteiger partial charge in [0.2, 0.25) is 0 Å². The summed E-state index contributed by atoms with van der Waals surface area (Å²) in [5.41, 5.74) is 4.71. The van der Waals surface area contributed by atoms with E-state index < -0.39 is 5.60 Å². The molecule has 0 fully saturated rings. The molecule has 0 saturated heterocycles. The maximum atomic E-state index is 13.3. The van der Waals surface area contributed by atoms with Crippen molar-refractivity contribution in [2.24, 2.45) is 0 Å². The average Bonchev–Trinajstić information content (AvgIpc) is 2.98. The van der Waals surface area contributed by atoms with Crippen molar-refractivity contribution in [3.8, 4) is 22.6 Å². The van der Waals surface area contributed by atoms with Crippen LogP contribution in [-0.2, 0) is 16.1 Å². The Morgan fingerprint density at radius 2 is 1.29 bits per heavy atom. The third-order valence-corrected chi connectivity index (χ3v) is 7.18. The molecule has 2 atom stereocenters. The molecule has 0 saturated carbocycles. The summed E-state index contributed by atoms with van der Waals surface area (Å²) in [6, 6.07) is 34.8. The first kappa shape index (κ1) is 29.9. The monoisotopic (exact) mass is 551 g/mol. The van der Waals surface area contributed by atoms with E-state index in [1.807, 2.05) is 51.1 Å². The van der Waals surface area contributed by atoms with E-state index in [9.17, 15) is 4.79 Å². The van der Waals surface area contributed by atoms with E-state index in [1.165, 1.54) is 11.1 Å². The van der Waals surface area contributed by atoms with Gasteiger partial charge in [-0.05, 0) is 62.1 Å². The van der Waals surface area contributed by atoms with Crippen molar-refractivity contribution < 1.29 is 19.0 Å². The zero-order chi connectivity index (χ0) is 29.4. The summed E-state index contributed by atoms with van der Waals surface area (Å²) in [5.74, 6) is 1.26. The highest BCUT2D eigenvalue weighted by atomic mass is 16.6. The Labute approximate surface area is 244 Å². The third-order valence-electron chi connectivity index (χ3n) is 7.18. The number of methoxy groups -OCH3 is 2. The normalized spacial score (nSPS) is 13.0. The Morgan fingerprint density at radius 1 is 0.732 bits per heavy atom. The second-order valence-corrected chi connectivity index (χ2v) is 11.2.